The average molecular weight is 335 g/mol. The number of nitrogens with one attached hydrogen (secondary N) is 1. The van der Waals surface area contributed by atoms with Crippen molar-refractivity contribution in [3.05, 3.63) is 59.7 Å². The molecule has 6 heteroatoms. The van der Waals surface area contributed by atoms with Gasteiger partial charge in [0, 0.05) is 6.61 Å². The van der Waals surface area contributed by atoms with E-state index in [1.807, 2.05) is 29.6 Å². The number of aliphatic hydroxyl groups excluding tert-OH is 1. The number of halogens is 3. The van der Waals surface area contributed by atoms with Gasteiger partial charge in [-0.1, -0.05) is 48.5 Å². The van der Waals surface area contributed by atoms with Gasteiger partial charge in [-0.15, -0.1) is 0 Å². The lowest BCUT2D eigenvalue weighted by atomic mass is 9.74. The number of rotatable bonds is 4. The minimum absolute atomic E-state index is 0.0186. The van der Waals surface area contributed by atoms with Crippen LogP contribution in [-0.2, 0) is 10.2 Å². The Kier molecular flexibility index (Phi) is 4.09. The molecule has 0 saturated carbocycles. The number of carbonyl (C=O) groups is 1. The monoisotopic (exact) mass is 335 g/mol. The predicted octanol–water partition coefficient (Wildman–Crippen LogP) is 3.01. The fraction of sp³-hybridized carbons (Fsp3) is 0.278. The van der Waals surface area contributed by atoms with Gasteiger partial charge in [-0.25, -0.2) is 0 Å². The zero-order chi connectivity index (χ0) is 17.4. The number of alkyl halides is 3. The molecule has 0 aromatic heterocycles. The van der Waals surface area contributed by atoms with Crippen LogP contribution in [0.1, 0.15) is 17.5 Å². The van der Waals surface area contributed by atoms with Crippen molar-refractivity contribution in [2.45, 2.75) is 18.0 Å². The Morgan fingerprint density at radius 1 is 1.00 bits per heavy atom. The molecule has 0 fully saturated rings. The Balaban J connectivity index is 2.14. The van der Waals surface area contributed by atoms with E-state index in [4.69, 9.17) is 0 Å². The number of benzene rings is 2. The van der Waals surface area contributed by atoms with Crippen LogP contribution in [0.3, 0.4) is 0 Å². The van der Waals surface area contributed by atoms with Crippen molar-refractivity contribution in [1.29, 1.82) is 0 Å². The second-order valence-corrected chi connectivity index (χ2v) is 5.77. The molecule has 0 heterocycles. The molecule has 0 aliphatic heterocycles. The van der Waals surface area contributed by atoms with Gasteiger partial charge >= 0.3 is 6.18 Å². The third-order valence-electron chi connectivity index (χ3n) is 4.39. The minimum atomic E-state index is -4.49. The van der Waals surface area contributed by atoms with Crippen molar-refractivity contribution in [1.82, 2.24) is 5.32 Å². The summed E-state index contributed by atoms with van der Waals surface area (Å²) < 4.78 is 37.6. The predicted molar refractivity (Wildman–Crippen MR) is 83.4 cm³/mol. The third-order valence-corrected chi connectivity index (χ3v) is 4.39. The highest BCUT2D eigenvalue weighted by Crippen LogP contribution is 2.50. The highest BCUT2D eigenvalue weighted by Gasteiger charge is 2.49. The molecule has 3 nitrogen and oxygen atoms in total. The molecular formula is C18H16F3NO2. The van der Waals surface area contributed by atoms with Crippen molar-refractivity contribution in [3.63, 3.8) is 0 Å². The molecule has 1 aliphatic rings. The molecule has 0 atom stereocenters. The van der Waals surface area contributed by atoms with Gasteiger partial charge in [0.1, 0.15) is 12.0 Å². The first-order chi connectivity index (χ1) is 11.4. The molecule has 2 N–H and O–H groups in total. The van der Waals surface area contributed by atoms with E-state index >= 15 is 0 Å². The summed E-state index contributed by atoms with van der Waals surface area (Å²) in [6.07, 6.45) is -4.47. The molecule has 24 heavy (non-hydrogen) atoms. The summed E-state index contributed by atoms with van der Waals surface area (Å²) in [5.41, 5.74) is 1.56. The van der Waals surface area contributed by atoms with Crippen LogP contribution >= 0.6 is 0 Å². The zero-order valence-corrected chi connectivity index (χ0v) is 12.7. The second-order valence-electron chi connectivity index (χ2n) is 5.77. The van der Waals surface area contributed by atoms with Crippen molar-refractivity contribution in [3.8, 4) is 11.1 Å². The van der Waals surface area contributed by atoms with Crippen LogP contribution in [0, 0.1) is 0 Å². The average Bonchev–Trinajstić information content (AvgIpc) is 2.84. The molecule has 1 amide bonds. The van der Waals surface area contributed by atoms with Crippen molar-refractivity contribution in [2.75, 3.05) is 13.2 Å². The standard InChI is InChI=1S/C18H16F3NO2/c19-18(20,21)11-22-16(24)17(9-10-23)14-7-3-1-5-12(14)13-6-2-4-8-15(13)17/h1-8,23H,9-11H2,(H,22,24). The van der Waals surface area contributed by atoms with E-state index in [1.54, 1.807) is 24.3 Å². The van der Waals surface area contributed by atoms with E-state index in [1.165, 1.54) is 0 Å². The molecule has 2 aromatic rings. The van der Waals surface area contributed by atoms with Crippen LogP contribution in [0.5, 0.6) is 0 Å². The maximum absolute atomic E-state index is 12.8. The maximum Gasteiger partial charge on any atom is 0.405 e. The Hall–Kier alpha value is -2.34. The topological polar surface area (TPSA) is 49.3 Å². The molecule has 0 spiro atoms. The summed E-state index contributed by atoms with van der Waals surface area (Å²) in [6.45, 7) is -1.72. The van der Waals surface area contributed by atoms with Crippen LogP contribution in [0.15, 0.2) is 48.5 Å². The first kappa shape index (κ1) is 16.5. The summed E-state index contributed by atoms with van der Waals surface area (Å²) >= 11 is 0. The molecule has 0 bridgehead atoms. The number of amides is 1. The Bertz CT molecular complexity index is 725. The normalized spacial score (nSPS) is 14.8. The third kappa shape index (κ3) is 2.57. The summed E-state index contributed by atoms with van der Waals surface area (Å²) in [4.78, 5) is 12.8. The van der Waals surface area contributed by atoms with Gasteiger partial charge in [0.25, 0.3) is 0 Å². The van der Waals surface area contributed by atoms with E-state index < -0.39 is 24.0 Å². The molecule has 0 unspecified atom stereocenters. The van der Waals surface area contributed by atoms with Gasteiger partial charge in [0.15, 0.2) is 0 Å². The number of fused-ring (bicyclic) bond motifs is 3. The van der Waals surface area contributed by atoms with Gasteiger partial charge in [-0.05, 0) is 28.7 Å². The largest absolute Gasteiger partial charge is 0.405 e. The molecule has 0 radical (unpaired) electrons. The van der Waals surface area contributed by atoms with E-state index in [0.717, 1.165) is 11.1 Å². The molecule has 0 saturated heterocycles. The van der Waals surface area contributed by atoms with Gasteiger partial charge in [0.2, 0.25) is 5.91 Å². The highest BCUT2D eigenvalue weighted by molar-refractivity contribution is 6.00. The van der Waals surface area contributed by atoms with Crippen molar-refractivity contribution in [2.24, 2.45) is 0 Å². The van der Waals surface area contributed by atoms with E-state index in [-0.39, 0.29) is 13.0 Å². The number of carbonyl (C=O) groups excluding carboxylic acids is 1. The quantitative estimate of drug-likeness (QED) is 0.902. The highest BCUT2D eigenvalue weighted by atomic mass is 19.4. The lowest BCUT2D eigenvalue weighted by Gasteiger charge is -2.30. The molecule has 3 rings (SSSR count). The Morgan fingerprint density at radius 2 is 1.50 bits per heavy atom. The molecule has 2 aromatic carbocycles. The van der Waals surface area contributed by atoms with Crippen LogP contribution < -0.4 is 5.32 Å². The van der Waals surface area contributed by atoms with Crippen LogP contribution in [0.25, 0.3) is 11.1 Å². The summed E-state index contributed by atoms with van der Waals surface area (Å²) in [5.74, 6) is -0.744. The minimum Gasteiger partial charge on any atom is -0.396 e. The summed E-state index contributed by atoms with van der Waals surface area (Å²) in [5, 5.41) is 11.5. The number of hydrogen-bond donors (Lipinski definition) is 2. The summed E-state index contributed by atoms with van der Waals surface area (Å²) in [6, 6.07) is 14.3. The van der Waals surface area contributed by atoms with Crippen LogP contribution in [0.2, 0.25) is 0 Å². The molecular weight excluding hydrogens is 319 g/mol. The first-order valence-electron chi connectivity index (χ1n) is 7.55. The Morgan fingerprint density at radius 3 is 1.96 bits per heavy atom. The fourth-order valence-electron chi connectivity index (χ4n) is 3.45. The lowest BCUT2D eigenvalue weighted by Crippen LogP contribution is -2.47. The van der Waals surface area contributed by atoms with E-state index in [2.05, 4.69) is 0 Å². The fourth-order valence-corrected chi connectivity index (χ4v) is 3.45. The van der Waals surface area contributed by atoms with E-state index in [0.29, 0.717) is 11.1 Å². The SMILES string of the molecule is O=C(NCC(F)(F)F)C1(CCO)c2ccccc2-c2ccccc21. The van der Waals surface area contributed by atoms with Crippen molar-refractivity contribution >= 4 is 5.91 Å². The van der Waals surface area contributed by atoms with Gasteiger partial charge in [-0.2, -0.15) is 13.2 Å². The molecule has 126 valence electrons. The molecule has 1 aliphatic carbocycles. The van der Waals surface area contributed by atoms with Crippen molar-refractivity contribution < 1.29 is 23.1 Å². The number of hydrogen-bond acceptors (Lipinski definition) is 2. The van der Waals surface area contributed by atoms with Gasteiger partial charge in [0.05, 0.1) is 0 Å². The first-order valence-corrected chi connectivity index (χ1v) is 7.55. The zero-order valence-electron chi connectivity index (χ0n) is 12.7. The van der Waals surface area contributed by atoms with Gasteiger partial charge in [-0.3, -0.25) is 4.79 Å². The number of aliphatic hydroxyl groups is 1. The summed E-state index contributed by atoms with van der Waals surface area (Å²) in [7, 11) is 0. The van der Waals surface area contributed by atoms with Gasteiger partial charge < -0.3 is 10.4 Å². The lowest BCUT2D eigenvalue weighted by molar-refractivity contribution is -0.141. The van der Waals surface area contributed by atoms with Crippen LogP contribution in [-0.4, -0.2) is 30.3 Å². The Labute approximate surface area is 137 Å². The second kappa shape index (κ2) is 5.94. The van der Waals surface area contributed by atoms with Crippen LogP contribution in [0.4, 0.5) is 13.2 Å². The van der Waals surface area contributed by atoms with E-state index in [9.17, 15) is 23.1 Å². The maximum atomic E-state index is 12.8. The smallest absolute Gasteiger partial charge is 0.396 e.